The van der Waals surface area contributed by atoms with Crippen LogP contribution >= 0.6 is 0 Å². The molecule has 4 nitrogen and oxygen atoms in total. The molecule has 1 unspecified atom stereocenters. The highest BCUT2D eigenvalue weighted by Gasteiger charge is 2.23. The normalized spacial score (nSPS) is 21.1. The molecule has 102 valence electrons. The van der Waals surface area contributed by atoms with E-state index in [0.29, 0.717) is 6.04 Å². The maximum atomic E-state index is 9.51. The van der Waals surface area contributed by atoms with Gasteiger partial charge in [-0.3, -0.25) is 4.90 Å². The number of hydrogen-bond acceptors (Lipinski definition) is 3. The van der Waals surface area contributed by atoms with Crippen molar-refractivity contribution in [3.05, 3.63) is 35.8 Å². The first-order chi connectivity index (χ1) is 9.29. The van der Waals surface area contributed by atoms with Gasteiger partial charge in [-0.2, -0.15) is 0 Å². The van der Waals surface area contributed by atoms with Gasteiger partial charge in [0.25, 0.3) is 0 Å². The van der Waals surface area contributed by atoms with Crippen LogP contribution in [-0.4, -0.2) is 38.6 Å². The number of piperidine rings is 1. The molecule has 1 saturated heterocycles. The van der Waals surface area contributed by atoms with Crippen LogP contribution in [-0.2, 0) is 6.54 Å². The monoisotopic (exact) mass is 259 g/mol. The second-order valence-corrected chi connectivity index (χ2v) is 5.38. The molecule has 0 radical (unpaired) electrons. The number of likely N-dealkylation sites (tertiary alicyclic amines) is 1. The minimum Gasteiger partial charge on any atom is -0.395 e. The highest BCUT2D eigenvalue weighted by atomic mass is 16.3. The molecule has 1 aliphatic heterocycles. The number of rotatable bonds is 3. The predicted octanol–water partition coefficient (Wildman–Crippen LogP) is 1.99. The van der Waals surface area contributed by atoms with Gasteiger partial charge >= 0.3 is 0 Å². The molecule has 3 heterocycles. The third kappa shape index (κ3) is 2.38. The number of aromatic nitrogens is 2. The third-order valence-electron chi connectivity index (χ3n) is 4.14. The lowest BCUT2D eigenvalue weighted by molar-refractivity contribution is 0.0827. The maximum Gasteiger partial charge on any atom is 0.137 e. The van der Waals surface area contributed by atoms with Gasteiger partial charge in [-0.05, 0) is 38.4 Å². The molecule has 0 aromatic carbocycles. The van der Waals surface area contributed by atoms with Gasteiger partial charge in [0.15, 0.2) is 0 Å². The minimum atomic E-state index is 0.260. The van der Waals surface area contributed by atoms with Crippen molar-refractivity contribution in [3.8, 4) is 0 Å². The van der Waals surface area contributed by atoms with Crippen molar-refractivity contribution in [1.82, 2.24) is 14.3 Å². The van der Waals surface area contributed by atoms with Gasteiger partial charge in [-0.15, -0.1) is 0 Å². The van der Waals surface area contributed by atoms with E-state index in [1.54, 1.807) is 0 Å². The number of fused-ring (bicyclic) bond motifs is 1. The Morgan fingerprint density at radius 1 is 1.37 bits per heavy atom. The SMILES string of the molecule is Cc1nc2ccccn2c1CN1CCCCC1CO. The molecule has 0 bridgehead atoms. The van der Waals surface area contributed by atoms with Crippen LogP contribution in [0.3, 0.4) is 0 Å². The Balaban J connectivity index is 1.90. The highest BCUT2D eigenvalue weighted by Crippen LogP contribution is 2.21. The quantitative estimate of drug-likeness (QED) is 0.916. The first-order valence-electron chi connectivity index (χ1n) is 7.07. The van der Waals surface area contributed by atoms with Crippen molar-refractivity contribution < 1.29 is 5.11 Å². The average molecular weight is 259 g/mol. The molecule has 0 amide bonds. The zero-order valence-corrected chi connectivity index (χ0v) is 11.4. The summed E-state index contributed by atoms with van der Waals surface area (Å²) in [6.45, 7) is 4.28. The Morgan fingerprint density at radius 2 is 2.26 bits per heavy atom. The molecule has 1 atom stereocenters. The van der Waals surface area contributed by atoms with Crippen LogP contribution in [0.15, 0.2) is 24.4 Å². The van der Waals surface area contributed by atoms with Crippen molar-refractivity contribution in [2.75, 3.05) is 13.2 Å². The Morgan fingerprint density at radius 3 is 3.11 bits per heavy atom. The lowest BCUT2D eigenvalue weighted by Gasteiger charge is -2.34. The highest BCUT2D eigenvalue weighted by molar-refractivity contribution is 5.42. The van der Waals surface area contributed by atoms with E-state index in [1.165, 1.54) is 18.5 Å². The molecule has 4 heteroatoms. The molecule has 2 aromatic rings. The maximum absolute atomic E-state index is 9.51. The van der Waals surface area contributed by atoms with Gasteiger partial charge in [-0.25, -0.2) is 4.98 Å². The number of imidazole rings is 1. The fourth-order valence-electron chi connectivity index (χ4n) is 3.02. The summed E-state index contributed by atoms with van der Waals surface area (Å²) in [4.78, 5) is 7.00. The zero-order valence-electron chi connectivity index (χ0n) is 11.4. The number of nitrogens with zero attached hydrogens (tertiary/aromatic N) is 3. The van der Waals surface area contributed by atoms with Crippen molar-refractivity contribution in [1.29, 1.82) is 0 Å². The first kappa shape index (κ1) is 12.6. The summed E-state index contributed by atoms with van der Waals surface area (Å²) >= 11 is 0. The van der Waals surface area contributed by atoms with Crippen LogP contribution in [0.4, 0.5) is 0 Å². The molecular formula is C15H21N3O. The molecule has 3 rings (SSSR count). The van der Waals surface area contributed by atoms with Crippen LogP contribution in [0.1, 0.15) is 30.7 Å². The Hall–Kier alpha value is -1.39. The van der Waals surface area contributed by atoms with E-state index in [4.69, 9.17) is 0 Å². The average Bonchev–Trinajstić information content (AvgIpc) is 2.76. The second kappa shape index (κ2) is 5.31. The number of pyridine rings is 1. The summed E-state index contributed by atoms with van der Waals surface area (Å²) in [5.74, 6) is 0. The van der Waals surface area contributed by atoms with Crippen LogP contribution in [0.25, 0.3) is 5.65 Å². The van der Waals surface area contributed by atoms with Gasteiger partial charge in [0.2, 0.25) is 0 Å². The fraction of sp³-hybridized carbons (Fsp3) is 0.533. The van der Waals surface area contributed by atoms with Crippen molar-refractivity contribution in [2.45, 2.75) is 38.8 Å². The Bertz CT molecular complexity index is 564. The molecule has 0 aliphatic carbocycles. The number of hydrogen-bond donors (Lipinski definition) is 1. The second-order valence-electron chi connectivity index (χ2n) is 5.38. The van der Waals surface area contributed by atoms with E-state index in [1.807, 2.05) is 18.2 Å². The van der Waals surface area contributed by atoms with E-state index in [9.17, 15) is 5.11 Å². The van der Waals surface area contributed by atoms with Crippen LogP contribution in [0.2, 0.25) is 0 Å². The van der Waals surface area contributed by atoms with Gasteiger partial charge in [0.1, 0.15) is 5.65 Å². The minimum absolute atomic E-state index is 0.260. The summed E-state index contributed by atoms with van der Waals surface area (Å²) in [6.07, 6.45) is 5.63. The third-order valence-corrected chi connectivity index (χ3v) is 4.14. The zero-order chi connectivity index (χ0) is 13.2. The van der Waals surface area contributed by atoms with Crippen LogP contribution in [0, 0.1) is 6.92 Å². The van der Waals surface area contributed by atoms with Crippen molar-refractivity contribution in [3.63, 3.8) is 0 Å². The molecule has 1 aliphatic rings. The summed E-state index contributed by atoms with van der Waals surface area (Å²) in [5.41, 5.74) is 3.34. The lowest BCUT2D eigenvalue weighted by atomic mass is 10.0. The predicted molar refractivity (Wildman–Crippen MR) is 75.1 cm³/mol. The van der Waals surface area contributed by atoms with Crippen molar-refractivity contribution >= 4 is 5.65 Å². The van der Waals surface area contributed by atoms with E-state index in [2.05, 4.69) is 27.4 Å². The molecule has 19 heavy (non-hydrogen) atoms. The fourth-order valence-corrected chi connectivity index (χ4v) is 3.02. The summed E-state index contributed by atoms with van der Waals surface area (Å²) in [6, 6.07) is 6.40. The van der Waals surface area contributed by atoms with Gasteiger partial charge in [0.05, 0.1) is 18.0 Å². The van der Waals surface area contributed by atoms with Crippen LogP contribution in [0.5, 0.6) is 0 Å². The Labute approximate surface area is 113 Å². The van der Waals surface area contributed by atoms with E-state index >= 15 is 0 Å². The standard InChI is InChI=1S/C15H21N3O/c1-12-14(18-9-5-3-7-15(18)16-12)10-17-8-4-2-6-13(17)11-19/h3,5,7,9,13,19H,2,4,6,8,10-11H2,1H3. The first-order valence-corrected chi connectivity index (χ1v) is 7.07. The molecule has 1 fully saturated rings. The van der Waals surface area contributed by atoms with Crippen LogP contribution < -0.4 is 0 Å². The summed E-state index contributed by atoms with van der Waals surface area (Å²) in [5, 5.41) is 9.51. The topological polar surface area (TPSA) is 40.8 Å². The Kier molecular flexibility index (Phi) is 3.53. The molecule has 0 spiro atoms. The van der Waals surface area contributed by atoms with E-state index in [0.717, 1.165) is 30.9 Å². The van der Waals surface area contributed by atoms with Crippen molar-refractivity contribution in [2.24, 2.45) is 0 Å². The van der Waals surface area contributed by atoms with E-state index in [-0.39, 0.29) is 6.61 Å². The summed E-state index contributed by atoms with van der Waals surface area (Å²) in [7, 11) is 0. The lowest BCUT2D eigenvalue weighted by Crippen LogP contribution is -2.41. The molecular weight excluding hydrogens is 238 g/mol. The smallest absolute Gasteiger partial charge is 0.137 e. The number of aliphatic hydroxyl groups excluding tert-OH is 1. The molecule has 1 N–H and O–H groups in total. The summed E-state index contributed by atoms with van der Waals surface area (Å²) < 4.78 is 2.17. The van der Waals surface area contributed by atoms with Gasteiger partial charge < -0.3 is 9.51 Å². The van der Waals surface area contributed by atoms with Gasteiger partial charge in [0, 0.05) is 18.8 Å². The number of aliphatic hydroxyl groups is 1. The largest absolute Gasteiger partial charge is 0.395 e. The van der Waals surface area contributed by atoms with Gasteiger partial charge in [-0.1, -0.05) is 12.5 Å². The van der Waals surface area contributed by atoms with E-state index < -0.39 is 0 Å². The molecule has 2 aromatic heterocycles. The number of aryl methyl sites for hydroxylation is 1. The molecule has 0 saturated carbocycles.